The van der Waals surface area contributed by atoms with Gasteiger partial charge in [0.05, 0.1) is 18.9 Å². The van der Waals surface area contributed by atoms with E-state index in [2.05, 4.69) is 30.9 Å². The Labute approximate surface area is 170 Å². The van der Waals surface area contributed by atoms with Crippen molar-refractivity contribution in [2.75, 3.05) is 25.1 Å². The van der Waals surface area contributed by atoms with Crippen molar-refractivity contribution >= 4 is 17.4 Å². The molecule has 0 spiro atoms. The fourth-order valence-electron chi connectivity index (χ4n) is 2.08. The van der Waals surface area contributed by atoms with E-state index in [1.54, 1.807) is 0 Å². The molecule has 1 amide bonds. The molecule has 30 heavy (non-hydrogen) atoms. The van der Waals surface area contributed by atoms with Gasteiger partial charge in [-0.1, -0.05) is 5.92 Å². The van der Waals surface area contributed by atoms with Gasteiger partial charge in [0.1, 0.15) is 30.6 Å². The van der Waals surface area contributed by atoms with Crippen LogP contribution in [0.4, 0.5) is 18.9 Å². The number of aliphatic imine (C=N–C) groups is 1. The summed E-state index contributed by atoms with van der Waals surface area (Å²) in [4.78, 5) is 24.0. The third-order valence-electron chi connectivity index (χ3n) is 3.41. The fourth-order valence-corrected chi connectivity index (χ4v) is 2.08. The molecule has 0 aliphatic rings. The van der Waals surface area contributed by atoms with Crippen molar-refractivity contribution in [2.24, 2.45) is 10.7 Å². The van der Waals surface area contributed by atoms with Crippen molar-refractivity contribution < 1.29 is 27.4 Å². The fraction of sp³-hybridized carbons (Fsp3) is 0.263. The summed E-state index contributed by atoms with van der Waals surface area (Å²) >= 11 is 0. The number of benzene rings is 1. The number of rotatable bonds is 10. The normalized spacial score (nSPS) is 11.2. The predicted molar refractivity (Wildman–Crippen MR) is 103 cm³/mol. The molecule has 0 atom stereocenters. The van der Waals surface area contributed by atoms with Crippen LogP contribution in [-0.4, -0.2) is 48.0 Å². The highest BCUT2D eigenvalue weighted by atomic mass is 19.3. The molecule has 1 heterocycles. The van der Waals surface area contributed by atoms with Gasteiger partial charge in [-0.15, -0.1) is 6.42 Å². The number of ether oxygens (including phenoxy) is 2. The second-order valence-corrected chi connectivity index (χ2v) is 5.71. The number of nitrogens with zero attached hydrogens (tertiary/aromatic N) is 3. The average molecular weight is 421 g/mol. The minimum Gasteiger partial charge on any atom is -0.463 e. The summed E-state index contributed by atoms with van der Waals surface area (Å²) in [6.45, 7) is -1.22. The number of amidine groups is 1. The van der Waals surface area contributed by atoms with Crippen LogP contribution in [0, 0.1) is 18.2 Å². The molecule has 0 fully saturated rings. The number of aromatic nitrogens is 2. The van der Waals surface area contributed by atoms with E-state index < -0.39 is 24.8 Å². The van der Waals surface area contributed by atoms with Gasteiger partial charge < -0.3 is 20.5 Å². The molecule has 3 N–H and O–H groups in total. The second kappa shape index (κ2) is 11.4. The summed E-state index contributed by atoms with van der Waals surface area (Å²) in [5, 5.41) is 2.55. The molecule has 2 rings (SSSR count). The first-order valence-corrected chi connectivity index (χ1v) is 8.51. The molecule has 0 saturated carbocycles. The van der Waals surface area contributed by atoms with Crippen LogP contribution in [0.15, 0.2) is 35.6 Å². The summed E-state index contributed by atoms with van der Waals surface area (Å²) in [7, 11) is 0. The second-order valence-electron chi connectivity index (χ2n) is 5.71. The zero-order valence-electron chi connectivity index (χ0n) is 15.6. The molecule has 0 radical (unpaired) electrons. The Hall–Kier alpha value is -3.65. The van der Waals surface area contributed by atoms with Crippen molar-refractivity contribution in [3.8, 4) is 18.2 Å². The summed E-state index contributed by atoms with van der Waals surface area (Å²) in [6, 6.07) is 3.86. The van der Waals surface area contributed by atoms with Gasteiger partial charge in [0.25, 0.3) is 12.3 Å². The number of nitrogens with two attached hydrogens (primary N) is 1. The van der Waals surface area contributed by atoms with E-state index in [0.29, 0.717) is 0 Å². The molecule has 8 nitrogen and oxygen atoms in total. The molecule has 0 bridgehead atoms. The monoisotopic (exact) mass is 421 g/mol. The summed E-state index contributed by atoms with van der Waals surface area (Å²) in [5.41, 5.74) is 5.97. The number of halogens is 3. The Morgan fingerprint density at radius 1 is 1.33 bits per heavy atom. The first-order valence-electron chi connectivity index (χ1n) is 8.51. The lowest BCUT2D eigenvalue weighted by Gasteiger charge is -2.08. The molecule has 1 aromatic heterocycles. The van der Waals surface area contributed by atoms with Crippen LogP contribution in [0.3, 0.4) is 0 Å². The molecular weight excluding hydrogens is 403 g/mol. The van der Waals surface area contributed by atoms with Gasteiger partial charge in [0, 0.05) is 11.3 Å². The predicted octanol–water partition coefficient (Wildman–Crippen LogP) is 2.02. The highest BCUT2D eigenvalue weighted by molar-refractivity contribution is 6.02. The van der Waals surface area contributed by atoms with Gasteiger partial charge in [-0.3, -0.25) is 9.79 Å². The summed E-state index contributed by atoms with van der Waals surface area (Å²) in [6.07, 6.45) is 4.90. The van der Waals surface area contributed by atoms with E-state index in [-0.39, 0.29) is 48.4 Å². The molecule has 0 aliphatic heterocycles. The van der Waals surface area contributed by atoms with Crippen LogP contribution in [-0.2, 0) is 11.3 Å². The number of amides is 1. The average Bonchev–Trinajstić information content (AvgIpc) is 2.72. The summed E-state index contributed by atoms with van der Waals surface area (Å²) < 4.78 is 47.7. The van der Waals surface area contributed by atoms with Crippen molar-refractivity contribution in [1.29, 1.82) is 0 Å². The number of nitrogens with one attached hydrogen (secondary N) is 1. The standard InChI is InChI=1S/C19H18F3N5O3/c1-2-5-30-18-9-24-15(8-26-18)19(28)27-13-3-4-14(20)12(6-13)7-25-17(23)11-29-10-16(21)22/h1,3-4,6,8-9,16H,5,7,10-11H2,(H2,23,25)(H,27,28). The lowest BCUT2D eigenvalue weighted by Crippen LogP contribution is -2.21. The SMILES string of the molecule is C#CCOc1cnc(C(=O)Nc2ccc(F)c(C/N=C(/N)COCC(F)F)c2)cn1. The Morgan fingerprint density at radius 3 is 2.80 bits per heavy atom. The van der Waals surface area contributed by atoms with Crippen molar-refractivity contribution in [3.05, 3.63) is 47.7 Å². The van der Waals surface area contributed by atoms with Gasteiger partial charge in [-0.05, 0) is 18.2 Å². The maximum Gasteiger partial charge on any atom is 0.275 e. The lowest BCUT2D eigenvalue weighted by molar-refractivity contribution is 0.0321. The van der Waals surface area contributed by atoms with Crippen LogP contribution in [0.1, 0.15) is 16.1 Å². The Morgan fingerprint density at radius 2 is 2.13 bits per heavy atom. The minimum atomic E-state index is -2.62. The molecule has 11 heteroatoms. The third kappa shape index (κ3) is 7.40. The number of carbonyl (C=O) groups is 1. The summed E-state index contributed by atoms with van der Waals surface area (Å²) in [5.74, 6) is 1.23. The number of anilines is 1. The largest absolute Gasteiger partial charge is 0.463 e. The molecular formula is C19H18F3N5O3. The number of hydrogen-bond donors (Lipinski definition) is 2. The first kappa shape index (κ1) is 22.6. The van der Waals surface area contributed by atoms with Gasteiger partial charge in [-0.2, -0.15) is 0 Å². The highest BCUT2D eigenvalue weighted by Crippen LogP contribution is 2.17. The number of carbonyl (C=O) groups excluding carboxylic acids is 1. The van der Waals surface area contributed by atoms with Crippen LogP contribution < -0.4 is 15.8 Å². The van der Waals surface area contributed by atoms with Gasteiger partial charge >= 0.3 is 0 Å². The number of alkyl halides is 2. The van der Waals surface area contributed by atoms with E-state index in [1.165, 1.54) is 24.5 Å². The number of terminal acetylenes is 1. The van der Waals surface area contributed by atoms with Crippen LogP contribution >= 0.6 is 0 Å². The van der Waals surface area contributed by atoms with E-state index in [0.717, 1.165) is 6.07 Å². The first-order chi connectivity index (χ1) is 14.4. The quantitative estimate of drug-likeness (QED) is 0.345. The Bertz CT molecular complexity index is 930. The molecule has 0 saturated heterocycles. The minimum absolute atomic E-state index is 0.00683. The highest BCUT2D eigenvalue weighted by Gasteiger charge is 2.11. The lowest BCUT2D eigenvalue weighted by atomic mass is 10.2. The number of hydrogen-bond acceptors (Lipinski definition) is 6. The molecule has 158 valence electrons. The van der Waals surface area contributed by atoms with Crippen LogP contribution in [0.5, 0.6) is 5.88 Å². The van der Waals surface area contributed by atoms with Crippen LogP contribution in [0.25, 0.3) is 0 Å². The zero-order valence-corrected chi connectivity index (χ0v) is 15.6. The smallest absolute Gasteiger partial charge is 0.275 e. The van der Waals surface area contributed by atoms with Crippen molar-refractivity contribution in [2.45, 2.75) is 13.0 Å². The Balaban J connectivity index is 1.98. The van der Waals surface area contributed by atoms with E-state index in [4.69, 9.17) is 16.9 Å². The zero-order chi connectivity index (χ0) is 21.9. The van der Waals surface area contributed by atoms with Crippen LogP contribution in [0.2, 0.25) is 0 Å². The van der Waals surface area contributed by atoms with Gasteiger partial charge in [-0.25, -0.2) is 23.1 Å². The molecule has 0 aliphatic carbocycles. The maximum atomic E-state index is 14.0. The third-order valence-corrected chi connectivity index (χ3v) is 3.41. The topological polar surface area (TPSA) is 112 Å². The maximum absolute atomic E-state index is 14.0. The molecule has 2 aromatic rings. The molecule has 1 aromatic carbocycles. The Kier molecular flexibility index (Phi) is 8.58. The van der Waals surface area contributed by atoms with Crippen molar-refractivity contribution in [1.82, 2.24) is 9.97 Å². The van der Waals surface area contributed by atoms with Gasteiger partial charge in [0.2, 0.25) is 5.88 Å². The van der Waals surface area contributed by atoms with E-state index >= 15 is 0 Å². The molecule has 0 unspecified atom stereocenters. The van der Waals surface area contributed by atoms with Gasteiger partial charge in [0.15, 0.2) is 6.61 Å². The van der Waals surface area contributed by atoms with Crippen molar-refractivity contribution in [3.63, 3.8) is 0 Å². The van der Waals surface area contributed by atoms with E-state index in [1.807, 2.05) is 0 Å². The van der Waals surface area contributed by atoms with E-state index in [9.17, 15) is 18.0 Å².